The van der Waals surface area contributed by atoms with Gasteiger partial charge in [0.05, 0.1) is 36.5 Å². The summed E-state index contributed by atoms with van der Waals surface area (Å²) in [5.41, 5.74) is 5.86. The molecule has 0 amide bonds. The molecule has 9 heteroatoms. The number of halogens is 2. The Morgan fingerprint density at radius 1 is 1.13 bits per heavy atom. The number of hydrogen-bond acceptors (Lipinski definition) is 4. The van der Waals surface area contributed by atoms with Crippen molar-refractivity contribution in [3.05, 3.63) is 80.0 Å². The summed E-state index contributed by atoms with van der Waals surface area (Å²) in [6, 6.07) is 9.76. The van der Waals surface area contributed by atoms with Gasteiger partial charge in [0.25, 0.3) is 5.56 Å². The number of fused-ring (bicyclic) bond motifs is 5. The predicted octanol–water partition coefficient (Wildman–Crippen LogP) is 3.81. The van der Waals surface area contributed by atoms with E-state index < -0.39 is 0 Å². The molecule has 7 nitrogen and oxygen atoms in total. The van der Waals surface area contributed by atoms with Crippen molar-refractivity contribution in [1.29, 1.82) is 0 Å². The van der Waals surface area contributed by atoms with E-state index >= 15 is 0 Å². The summed E-state index contributed by atoms with van der Waals surface area (Å²) in [7, 11) is 0. The third-order valence-corrected chi connectivity index (χ3v) is 5.82. The fourth-order valence-corrected chi connectivity index (χ4v) is 4.27. The summed E-state index contributed by atoms with van der Waals surface area (Å²) < 4.78 is 6.68. The van der Waals surface area contributed by atoms with Crippen LogP contribution in [0.25, 0.3) is 17.1 Å². The van der Waals surface area contributed by atoms with Crippen molar-refractivity contribution in [1.82, 2.24) is 28.9 Å². The molecule has 1 aliphatic heterocycles. The molecule has 0 unspecified atom stereocenters. The molecule has 0 bridgehead atoms. The zero-order valence-electron chi connectivity index (χ0n) is 16.8. The summed E-state index contributed by atoms with van der Waals surface area (Å²) in [5.74, 6) is 1.41. The van der Waals surface area contributed by atoms with Crippen LogP contribution in [0.2, 0.25) is 0 Å². The quantitative estimate of drug-likeness (QED) is 0.380. The van der Waals surface area contributed by atoms with Crippen LogP contribution in [0, 0.1) is 20.8 Å². The Bertz CT molecular complexity index is 1340. The van der Waals surface area contributed by atoms with Crippen LogP contribution in [0.4, 0.5) is 0 Å². The van der Waals surface area contributed by atoms with Gasteiger partial charge in [-0.15, -0.1) is 12.4 Å². The van der Waals surface area contributed by atoms with Crippen LogP contribution in [0.3, 0.4) is 0 Å². The Morgan fingerprint density at radius 2 is 1.93 bits per heavy atom. The smallest absolute Gasteiger partial charge is 0.251 e. The van der Waals surface area contributed by atoms with Crippen LogP contribution in [-0.4, -0.2) is 28.9 Å². The van der Waals surface area contributed by atoms with Gasteiger partial charge in [-0.1, -0.05) is 15.9 Å². The van der Waals surface area contributed by atoms with E-state index in [4.69, 9.17) is 10.1 Å². The van der Waals surface area contributed by atoms with Crippen LogP contribution < -0.4 is 5.56 Å². The van der Waals surface area contributed by atoms with Gasteiger partial charge in [-0.3, -0.25) is 4.79 Å². The lowest BCUT2D eigenvalue weighted by Gasteiger charge is -2.09. The number of rotatable bonds is 2. The van der Waals surface area contributed by atoms with Crippen molar-refractivity contribution >= 4 is 28.3 Å². The van der Waals surface area contributed by atoms with E-state index in [9.17, 15) is 4.79 Å². The summed E-state index contributed by atoms with van der Waals surface area (Å²) in [4.78, 5) is 21.8. The molecule has 30 heavy (non-hydrogen) atoms. The van der Waals surface area contributed by atoms with Crippen LogP contribution >= 0.6 is 28.3 Å². The summed E-state index contributed by atoms with van der Waals surface area (Å²) in [5, 5.41) is 4.75. The second kappa shape index (κ2) is 7.52. The first-order chi connectivity index (χ1) is 13.9. The highest BCUT2D eigenvalue weighted by molar-refractivity contribution is 9.10. The maximum Gasteiger partial charge on any atom is 0.251 e. The largest absolute Gasteiger partial charge is 0.305 e. The highest BCUT2D eigenvalue weighted by atomic mass is 79.9. The molecule has 1 aliphatic rings. The molecule has 4 heterocycles. The molecule has 1 aromatic carbocycles. The zero-order chi connectivity index (χ0) is 20.3. The highest BCUT2D eigenvalue weighted by Crippen LogP contribution is 2.33. The standard InChI is InChI=1S/C21H19BrN6O.ClH/c1-12-6-13(2)26(20(29)7-12)10-19-24-21-16-8-15(22)4-5-17(16)27-11-23-14(3)18(27)9-28(21)25-19;/h4-8,11H,9-10H2,1-3H3;1H. The minimum Gasteiger partial charge on any atom is -0.305 e. The molecule has 0 radical (unpaired) electrons. The fourth-order valence-electron chi connectivity index (χ4n) is 3.91. The number of nitrogens with zero attached hydrogens (tertiary/aromatic N) is 6. The van der Waals surface area contributed by atoms with Crippen LogP contribution in [0.15, 0.2) is 45.9 Å². The zero-order valence-corrected chi connectivity index (χ0v) is 19.2. The SMILES string of the molecule is Cc1cc(C)n(Cc2nc3n(n2)Cc2c(C)ncn2-c2ccc(Br)cc2-3)c(=O)c1.Cl. The average Bonchev–Trinajstić information content (AvgIpc) is 3.19. The van der Waals surface area contributed by atoms with Gasteiger partial charge >= 0.3 is 0 Å². The Labute approximate surface area is 187 Å². The Morgan fingerprint density at radius 3 is 2.70 bits per heavy atom. The average molecular weight is 488 g/mol. The number of hydrogen-bond donors (Lipinski definition) is 0. The Hall–Kier alpha value is -2.71. The lowest BCUT2D eigenvalue weighted by atomic mass is 10.1. The van der Waals surface area contributed by atoms with E-state index in [1.54, 1.807) is 10.6 Å². The number of imidazole rings is 1. The molecule has 3 aromatic heterocycles. The van der Waals surface area contributed by atoms with Gasteiger partial charge in [0.1, 0.15) is 0 Å². The fraction of sp³-hybridized carbons (Fsp3) is 0.238. The van der Waals surface area contributed by atoms with Gasteiger partial charge in [0.15, 0.2) is 11.6 Å². The molecular weight excluding hydrogens is 468 g/mol. The van der Waals surface area contributed by atoms with Gasteiger partial charge in [0.2, 0.25) is 0 Å². The second-order valence-corrected chi connectivity index (χ2v) is 8.33. The first-order valence-electron chi connectivity index (χ1n) is 9.35. The minimum atomic E-state index is -0.0374. The summed E-state index contributed by atoms with van der Waals surface area (Å²) >= 11 is 3.57. The Balaban J connectivity index is 0.00000218. The second-order valence-electron chi connectivity index (χ2n) is 7.42. The molecule has 0 saturated heterocycles. The van der Waals surface area contributed by atoms with E-state index in [2.05, 4.69) is 31.5 Å². The van der Waals surface area contributed by atoms with Crippen LogP contribution in [0.1, 0.15) is 28.5 Å². The topological polar surface area (TPSA) is 70.5 Å². The van der Waals surface area contributed by atoms with Crippen molar-refractivity contribution in [2.24, 2.45) is 0 Å². The first-order valence-corrected chi connectivity index (χ1v) is 10.1. The van der Waals surface area contributed by atoms with E-state index in [1.165, 1.54) is 0 Å². The van der Waals surface area contributed by atoms with Crippen LogP contribution in [0.5, 0.6) is 0 Å². The highest BCUT2D eigenvalue weighted by Gasteiger charge is 2.24. The molecule has 5 rings (SSSR count). The molecular formula is C21H20BrClN6O. The molecule has 4 aromatic rings. The van der Waals surface area contributed by atoms with E-state index in [1.807, 2.05) is 50.0 Å². The van der Waals surface area contributed by atoms with Crippen molar-refractivity contribution in [2.75, 3.05) is 0 Å². The summed E-state index contributed by atoms with van der Waals surface area (Å²) in [6.07, 6.45) is 1.85. The third-order valence-electron chi connectivity index (χ3n) is 5.33. The maximum absolute atomic E-state index is 12.5. The van der Waals surface area contributed by atoms with Gasteiger partial charge in [-0.2, -0.15) is 5.10 Å². The predicted molar refractivity (Wildman–Crippen MR) is 121 cm³/mol. The molecule has 154 valence electrons. The van der Waals surface area contributed by atoms with Gasteiger partial charge in [-0.05, 0) is 50.6 Å². The van der Waals surface area contributed by atoms with Gasteiger partial charge in [0, 0.05) is 21.8 Å². The molecule has 0 saturated carbocycles. The monoisotopic (exact) mass is 486 g/mol. The van der Waals surface area contributed by atoms with Crippen LogP contribution in [-0.2, 0) is 13.1 Å². The lowest BCUT2D eigenvalue weighted by Crippen LogP contribution is -2.23. The van der Waals surface area contributed by atoms with Crippen molar-refractivity contribution in [3.63, 3.8) is 0 Å². The van der Waals surface area contributed by atoms with Gasteiger partial charge < -0.3 is 9.13 Å². The molecule has 0 aliphatic carbocycles. The number of pyridine rings is 1. The molecule has 0 spiro atoms. The Kier molecular flexibility index (Phi) is 5.15. The number of benzene rings is 1. The normalized spacial score (nSPS) is 11.9. The first kappa shape index (κ1) is 20.6. The van der Waals surface area contributed by atoms with E-state index in [0.29, 0.717) is 18.9 Å². The minimum absolute atomic E-state index is 0. The lowest BCUT2D eigenvalue weighted by molar-refractivity contribution is 0.635. The number of aromatic nitrogens is 6. The summed E-state index contributed by atoms with van der Waals surface area (Å²) in [6.45, 7) is 6.77. The van der Waals surface area contributed by atoms with Crippen molar-refractivity contribution in [3.8, 4) is 17.1 Å². The third kappa shape index (κ3) is 3.30. The van der Waals surface area contributed by atoms with Gasteiger partial charge in [-0.25, -0.2) is 14.6 Å². The maximum atomic E-state index is 12.5. The van der Waals surface area contributed by atoms with E-state index in [-0.39, 0.29) is 18.0 Å². The number of aryl methyl sites for hydroxylation is 3. The van der Waals surface area contributed by atoms with Crippen molar-refractivity contribution in [2.45, 2.75) is 33.9 Å². The molecule has 0 fully saturated rings. The van der Waals surface area contributed by atoms with Crippen molar-refractivity contribution < 1.29 is 0 Å². The van der Waals surface area contributed by atoms with E-state index in [0.717, 1.165) is 44.2 Å². The molecule has 0 N–H and O–H groups in total. The molecule has 0 atom stereocenters.